The third kappa shape index (κ3) is 1.65. The van der Waals surface area contributed by atoms with Crippen LogP contribution < -0.4 is 5.73 Å². The van der Waals surface area contributed by atoms with Gasteiger partial charge in [-0.15, -0.1) is 0 Å². The lowest BCUT2D eigenvalue weighted by Crippen LogP contribution is -2.12. The fourth-order valence-corrected chi connectivity index (χ4v) is 1.49. The van der Waals surface area contributed by atoms with Crippen molar-refractivity contribution in [1.82, 2.24) is 4.98 Å². The first-order valence-electron chi connectivity index (χ1n) is 4.14. The largest absolute Gasteiger partial charge is 0.366 e. The highest BCUT2D eigenvalue weighted by atomic mass is 35.5. The normalized spacial score (nSPS) is 15.8. The van der Waals surface area contributed by atoms with E-state index in [0.717, 1.165) is 5.69 Å². The number of amides is 1. The van der Waals surface area contributed by atoms with Gasteiger partial charge >= 0.3 is 0 Å². The SMILES string of the molecule is NC(=O)c1ccc(C2CC2)nc1Cl. The van der Waals surface area contributed by atoms with E-state index < -0.39 is 5.91 Å². The molecule has 1 aliphatic rings. The number of nitrogens with zero attached hydrogens (tertiary/aromatic N) is 1. The van der Waals surface area contributed by atoms with Crippen LogP contribution in [0.15, 0.2) is 12.1 Å². The number of nitrogens with two attached hydrogens (primary N) is 1. The van der Waals surface area contributed by atoms with Gasteiger partial charge in [0.15, 0.2) is 0 Å². The predicted molar refractivity (Wildman–Crippen MR) is 49.7 cm³/mol. The lowest BCUT2D eigenvalue weighted by Gasteiger charge is -2.01. The summed E-state index contributed by atoms with van der Waals surface area (Å²) in [6.07, 6.45) is 2.33. The van der Waals surface area contributed by atoms with E-state index in [1.165, 1.54) is 12.8 Å². The molecule has 0 aliphatic heterocycles. The molecule has 1 fully saturated rings. The molecule has 1 saturated carbocycles. The average molecular weight is 197 g/mol. The Morgan fingerprint density at radius 3 is 2.69 bits per heavy atom. The van der Waals surface area contributed by atoms with Gasteiger partial charge in [0.25, 0.3) is 5.91 Å². The summed E-state index contributed by atoms with van der Waals surface area (Å²) in [5.41, 5.74) is 6.36. The van der Waals surface area contributed by atoms with E-state index in [-0.39, 0.29) is 5.15 Å². The van der Waals surface area contributed by atoms with Crippen molar-refractivity contribution in [2.24, 2.45) is 5.73 Å². The summed E-state index contributed by atoms with van der Waals surface area (Å²) < 4.78 is 0. The van der Waals surface area contributed by atoms with Crippen LogP contribution in [-0.2, 0) is 0 Å². The summed E-state index contributed by atoms with van der Waals surface area (Å²) in [4.78, 5) is 14.9. The molecule has 1 aliphatic carbocycles. The van der Waals surface area contributed by atoms with E-state index in [4.69, 9.17) is 17.3 Å². The fraction of sp³-hybridized carbons (Fsp3) is 0.333. The van der Waals surface area contributed by atoms with Gasteiger partial charge in [-0.2, -0.15) is 0 Å². The third-order valence-electron chi connectivity index (χ3n) is 2.13. The molecule has 0 spiro atoms. The average Bonchev–Trinajstić information content (AvgIpc) is 2.85. The van der Waals surface area contributed by atoms with Crippen molar-refractivity contribution in [2.45, 2.75) is 18.8 Å². The molecule has 3 nitrogen and oxygen atoms in total. The minimum atomic E-state index is -0.528. The molecule has 1 aromatic rings. The van der Waals surface area contributed by atoms with Gasteiger partial charge in [0, 0.05) is 11.6 Å². The minimum Gasteiger partial charge on any atom is -0.366 e. The highest BCUT2D eigenvalue weighted by Gasteiger charge is 2.25. The Kier molecular flexibility index (Phi) is 1.96. The van der Waals surface area contributed by atoms with Gasteiger partial charge in [0.1, 0.15) is 5.15 Å². The number of aromatic nitrogens is 1. The van der Waals surface area contributed by atoms with E-state index in [9.17, 15) is 4.79 Å². The van der Waals surface area contributed by atoms with Crippen LogP contribution in [0, 0.1) is 0 Å². The van der Waals surface area contributed by atoms with Crippen LogP contribution in [0.25, 0.3) is 0 Å². The first-order chi connectivity index (χ1) is 6.18. The number of carbonyl (C=O) groups is 1. The number of carbonyl (C=O) groups excluding carboxylic acids is 1. The molecule has 1 aromatic heterocycles. The van der Waals surface area contributed by atoms with Gasteiger partial charge in [-0.05, 0) is 25.0 Å². The molecule has 4 heteroatoms. The van der Waals surface area contributed by atoms with Crippen molar-refractivity contribution >= 4 is 17.5 Å². The van der Waals surface area contributed by atoms with Crippen molar-refractivity contribution in [2.75, 3.05) is 0 Å². The highest BCUT2D eigenvalue weighted by molar-refractivity contribution is 6.32. The van der Waals surface area contributed by atoms with Gasteiger partial charge < -0.3 is 5.73 Å². The number of rotatable bonds is 2. The Labute approximate surface area is 80.9 Å². The zero-order chi connectivity index (χ0) is 9.42. The zero-order valence-electron chi connectivity index (χ0n) is 6.96. The number of halogens is 1. The summed E-state index contributed by atoms with van der Waals surface area (Å²) in [5.74, 6) is 0.0132. The number of pyridine rings is 1. The summed E-state index contributed by atoms with van der Waals surface area (Å²) in [6.45, 7) is 0. The lowest BCUT2D eigenvalue weighted by molar-refractivity contribution is 0.1000. The van der Waals surface area contributed by atoms with Crippen LogP contribution >= 0.6 is 11.6 Å². The molecule has 2 rings (SSSR count). The summed E-state index contributed by atoms with van der Waals surface area (Å²) >= 11 is 5.78. The van der Waals surface area contributed by atoms with Gasteiger partial charge in [0.2, 0.25) is 0 Å². The molecule has 0 radical (unpaired) electrons. The molecule has 0 atom stereocenters. The summed E-state index contributed by atoms with van der Waals surface area (Å²) in [6, 6.07) is 3.47. The summed E-state index contributed by atoms with van der Waals surface area (Å²) in [7, 11) is 0. The minimum absolute atomic E-state index is 0.219. The molecule has 68 valence electrons. The van der Waals surface area contributed by atoms with Crippen molar-refractivity contribution in [1.29, 1.82) is 0 Å². The Morgan fingerprint density at radius 1 is 1.54 bits per heavy atom. The van der Waals surface area contributed by atoms with Crippen LogP contribution in [-0.4, -0.2) is 10.9 Å². The maximum atomic E-state index is 10.8. The predicted octanol–water partition coefficient (Wildman–Crippen LogP) is 1.71. The van der Waals surface area contributed by atoms with Crippen LogP contribution in [0.4, 0.5) is 0 Å². The molecule has 0 unspecified atom stereocenters. The summed E-state index contributed by atoms with van der Waals surface area (Å²) in [5, 5.41) is 0.219. The highest BCUT2D eigenvalue weighted by Crippen LogP contribution is 2.39. The van der Waals surface area contributed by atoms with Crippen LogP contribution in [0.5, 0.6) is 0 Å². The fourth-order valence-electron chi connectivity index (χ4n) is 1.24. The number of hydrogen-bond donors (Lipinski definition) is 1. The monoisotopic (exact) mass is 196 g/mol. The topological polar surface area (TPSA) is 56.0 Å². The smallest absolute Gasteiger partial charge is 0.251 e. The van der Waals surface area contributed by atoms with E-state index in [1.807, 2.05) is 6.07 Å². The van der Waals surface area contributed by atoms with Gasteiger partial charge in [0.05, 0.1) is 5.56 Å². The maximum absolute atomic E-state index is 10.8. The van der Waals surface area contributed by atoms with Crippen molar-refractivity contribution in [3.63, 3.8) is 0 Å². The Hall–Kier alpha value is -1.09. The van der Waals surface area contributed by atoms with E-state index >= 15 is 0 Å². The number of primary amides is 1. The van der Waals surface area contributed by atoms with Gasteiger partial charge in [-0.1, -0.05) is 11.6 Å². The van der Waals surface area contributed by atoms with Crippen molar-refractivity contribution in [3.05, 3.63) is 28.5 Å². The van der Waals surface area contributed by atoms with Crippen LogP contribution in [0.2, 0.25) is 5.15 Å². The Morgan fingerprint density at radius 2 is 2.23 bits per heavy atom. The third-order valence-corrected chi connectivity index (χ3v) is 2.42. The number of hydrogen-bond acceptors (Lipinski definition) is 2. The Balaban J connectivity index is 2.36. The van der Waals surface area contributed by atoms with Crippen molar-refractivity contribution < 1.29 is 4.79 Å². The molecular formula is C9H9ClN2O. The van der Waals surface area contributed by atoms with E-state index in [2.05, 4.69) is 4.98 Å². The molecule has 0 aromatic carbocycles. The molecular weight excluding hydrogens is 188 g/mol. The molecule has 1 amide bonds. The van der Waals surface area contributed by atoms with E-state index in [1.54, 1.807) is 6.07 Å². The molecule has 13 heavy (non-hydrogen) atoms. The second-order valence-corrected chi connectivity index (χ2v) is 3.57. The molecule has 1 heterocycles. The van der Waals surface area contributed by atoms with Gasteiger partial charge in [-0.25, -0.2) is 4.98 Å². The second-order valence-electron chi connectivity index (χ2n) is 3.21. The van der Waals surface area contributed by atoms with E-state index in [0.29, 0.717) is 11.5 Å². The standard InChI is InChI=1S/C9H9ClN2O/c10-8-6(9(11)13)3-4-7(12-8)5-1-2-5/h3-5H,1-2H2,(H2,11,13). The zero-order valence-corrected chi connectivity index (χ0v) is 7.71. The second kappa shape index (κ2) is 3.00. The van der Waals surface area contributed by atoms with Crippen LogP contribution in [0.1, 0.15) is 34.8 Å². The Bertz CT molecular complexity index is 361. The molecule has 0 bridgehead atoms. The lowest BCUT2D eigenvalue weighted by atomic mass is 10.2. The first kappa shape index (κ1) is 8.51. The van der Waals surface area contributed by atoms with Gasteiger partial charge in [-0.3, -0.25) is 4.79 Å². The quantitative estimate of drug-likeness (QED) is 0.733. The molecule has 0 saturated heterocycles. The van der Waals surface area contributed by atoms with Crippen molar-refractivity contribution in [3.8, 4) is 0 Å². The molecule has 2 N–H and O–H groups in total. The van der Waals surface area contributed by atoms with Crippen LogP contribution in [0.3, 0.4) is 0 Å². The first-order valence-corrected chi connectivity index (χ1v) is 4.52. The maximum Gasteiger partial charge on any atom is 0.251 e.